The summed E-state index contributed by atoms with van der Waals surface area (Å²) in [5.41, 5.74) is 9.22. The van der Waals surface area contributed by atoms with Gasteiger partial charge in [-0.2, -0.15) is 5.26 Å². The van der Waals surface area contributed by atoms with Gasteiger partial charge in [0.1, 0.15) is 11.7 Å². The van der Waals surface area contributed by atoms with E-state index < -0.39 is 6.85 Å². The Morgan fingerprint density at radius 3 is 2.23 bits per heavy atom. The van der Waals surface area contributed by atoms with Crippen LogP contribution >= 0.6 is 0 Å². The van der Waals surface area contributed by atoms with Gasteiger partial charge in [0, 0.05) is 26.6 Å². The van der Waals surface area contributed by atoms with Crippen molar-refractivity contribution >= 4 is 22.1 Å². The zero-order valence-electron chi connectivity index (χ0n) is 26.0. The Hall–Kier alpha value is -4.75. The number of pyridine rings is 2. The topological polar surface area (TPSA) is 62.7 Å². The number of rotatable bonds is 5. The smallest absolute Gasteiger partial charge is 0.227 e. The maximum Gasteiger partial charge on any atom is 0.227 e. The molecule has 196 valence electrons. The van der Waals surface area contributed by atoms with Crippen LogP contribution in [0.1, 0.15) is 66.0 Å². The number of para-hydroxylation sites is 1. The molecule has 0 unspecified atom stereocenters. The average Bonchev–Trinajstić information content (AvgIpc) is 3.37. The lowest BCUT2D eigenvalue weighted by Gasteiger charge is -2.22. The molecule has 0 aliphatic carbocycles. The van der Waals surface area contributed by atoms with Gasteiger partial charge in [-0.05, 0) is 76.3 Å². The number of hydrogen-bond donors (Lipinski definition) is 0. The molecule has 0 aliphatic heterocycles. The van der Waals surface area contributed by atoms with E-state index in [4.69, 9.17) is 13.5 Å². The van der Waals surface area contributed by atoms with Gasteiger partial charge >= 0.3 is 0 Å². The first-order valence-corrected chi connectivity index (χ1v) is 13.5. The molecule has 0 radical (unpaired) electrons. The largest absolute Gasteiger partial charge is 0.437 e. The fourth-order valence-electron chi connectivity index (χ4n) is 5.47. The molecule has 0 aliphatic rings. The zero-order valence-corrected chi connectivity index (χ0v) is 23.0. The number of fused-ring (bicyclic) bond motifs is 3. The van der Waals surface area contributed by atoms with Crippen LogP contribution in [0.3, 0.4) is 0 Å². The van der Waals surface area contributed by atoms with Gasteiger partial charge in [0.15, 0.2) is 0 Å². The van der Waals surface area contributed by atoms with E-state index in [2.05, 4.69) is 81.2 Å². The molecular formula is C36H31N3O. The Labute approximate surface area is 239 Å². The minimum absolute atomic E-state index is 0.0158. The number of hydrogen-bond acceptors (Lipinski definition) is 4. The normalized spacial score (nSPS) is 13.0. The van der Waals surface area contributed by atoms with Gasteiger partial charge in [-0.15, -0.1) is 0 Å². The molecule has 0 spiro atoms. The van der Waals surface area contributed by atoms with Crippen LogP contribution in [0.25, 0.3) is 55.6 Å². The summed E-state index contributed by atoms with van der Waals surface area (Å²) < 4.78 is 29.7. The van der Waals surface area contributed by atoms with Crippen molar-refractivity contribution in [1.29, 1.82) is 5.26 Å². The molecule has 0 fully saturated rings. The van der Waals surface area contributed by atoms with Gasteiger partial charge in [0.25, 0.3) is 0 Å². The maximum atomic E-state index is 9.65. The SMILES string of the molecule is [2H]C([2H])([2H])c1nc2oc3c(-c4cc(-c5c(C(C)C)cc(-c6ccccc6)cc5C(C)C)ccn4)cccc3c2cc1C#N. The van der Waals surface area contributed by atoms with E-state index in [0.29, 0.717) is 22.8 Å². The molecule has 3 aromatic carbocycles. The third-order valence-corrected chi connectivity index (χ3v) is 7.49. The van der Waals surface area contributed by atoms with Crippen molar-refractivity contribution in [2.75, 3.05) is 0 Å². The van der Waals surface area contributed by atoms with Crippen molar-refractivity contribution in [3.8, 4) is 39.6 Å². The van der Waals surface area contributed by atoms with Gasteiger partial charge < -0.3 is 4.42 Å². The van der Waals surface area contributed by atoms with Crippen LogP contribution in [0.5, 0.6) is 0 Å². The third kappa shape index (κ3) is 4.34. The van der Waals surface area contributed by atoms with Crippen LogP contribution < -0.4 is 0 Å². The van der Waals surface area contributed by atoms with Crippen LogP contribution in [0, 0.1) is 18.2 Å². The Bertz CT molecular complexity index is 2000. The minimum atomic E-state index is -2.53. The van der Waals surface area contributed by atoms with Crippen molar-refractivity contribution in [1.82, 2.24) is 9.97 Å². The molecule has 3 aromatic heterocycles. The van der Waals surface area contributed by atoms with Crippen molar-refractivity contribution in [2.45, 2.75) is 46.4 Å². The number of aromatic nitrogens is 2. The first-order chi connectivity index (χ1) is 20.6. The van der Waals surface area contributed by atoms with E-state index in [1.54, 1.807) is 6.07 Å². The fourth-order valence-corrected chi connectivity index (χ4v) is 5.47. The van der Waals surface area contributed by atoms with Gasteiger partial charge in [-0.1, -0.05) is 82.3 Å². The second-order valence-corrected chi connectivity index (χ2v) is 10.8. The fraction of sp³-hybridized carbons (Fsp3) is 0.194. The van der Waals surface area contributed by atoms with Crippen molar-refractivity contribution in [3.63, 3.8) is 0 Å². The van der Waals surface area contributed by atoms with E-state index in [1.165, 1.54) is 27.8 Å². The summed E-state index contributed by atoms with van der Waals surface area (Å²) in [5.74, 6) is 0.582. The molecule has 6 aromatic rings. The molecule has 0 N–H and O–H groups in total. The highest BCUT2D eigenvalue weighted by molar-refractivity contribution is 6.08. The number of furan rings is 1. The van der Waals surface area contributed by atoms with E-state index in [1.807, 2.05) is 36.5 Å². The number of aryl methyl sites for hydroxylation is 1. The second kappa shape index (κ2) is 10.1. The molecule has 40 heavy (non-hydrogen) atoms. The number of nitriles is 1. The molecule has 0 atom stereocenters. The van der Waals surface area contributed by atoms with Gasteiger partial charge in [0.2, 0.25) is 5.71 Å². The highest BCUT2D eigenvalue weighted by atomic mass is 16.3. The first kappa shape index (κ1) is 22.1. The molecule has 4 heteroatoms. The molecule has 4 nitrogen and oxygen atoms in total. The monoisotopic (exact) mass is 524 g/mol. The second-order valence-electron chi connectivity index (χ2n) is 10.8. The third-order valence-electron chi connectivity index (χ3n) is 7.49. The number of nitrogens with zero attached hydrogens (tertiary/aromatic N) is 3. The Morgan fingerprint density at radius 2 is 1.55 bits per heavy atom. The Morgan fingerprint density at radius 1 is 0.800 bits per heavy atom. The molecule has 0 saturated heterocycles. The molecule has 0 bridgehead atoms. The summed E-state index contributed by atoms with van der Waals surface area (Å²) in [7, 11) is 0. The Kier molecular flexibility index (Phi) is 5.58. The summed E-state index contributed by atoms with van der Waals surface area (Å²) in [5, 5.41) is 11.0. The predicted molar refractivity (Wildman–Crippen MR) is 163 cm³/mol. The lowest BCUT2D eigenvalue weighted by molar-refractivity contribution is 0.653. The van der Waals surface area contributed by atoms with Crippen LogP contribution in [0.15, 0.2) is 89.5 Å². The number of benzene rings is 3. The van der Waals surface area contributed by atoms with Gasteiger partial charge in [0.05, 0.1) is 17.0 Å². The summed E-state index contributed by atoms with van der Waals surface area (Å²) in [6.45, 7) is 6.38. The summed E-state index contributed by atoms with van der Waals surface area (Å²) in [6, 6.07) is 28.5. The van der Waals surface area contributed by atoms with Crippen LogP contribution in [0.2, 0.25) is 0 Å². The maximum absolute atomic E-state index is 9.65. The molecule has 0 saturated carbocycles. The predicted octanol–water partition coefficient (Wildman–Crippen LogP) is 9.80. The van der Waals surface area contributed by atoms with E-state index in [9.17, 15) is 5.26 Å². The minimum Gasteiger partial charge on any atom is -0.437 e. The van der Waals surface area contributed by atoms with Crippen LogP contribution in [0.4, 0.5) is 0 Å². The highest BCUT2D eigenvalue weighted by Crippen LogP contribution is 2.41. The lowest BCUT2D eigenvalue weighted by Crippen LogP contribution is -2.02. The molecular weight excluding hydrogens is 490 g/mol. The molecule has 3 heterocycles. The Balaban J connectivity index is 1.55. The average molecular weight is 525 g/mol. The molecule has 6 rings (SSSR count). The zero-order chi connectivity index (χ0) is 30.5. The summed E-state index contributed by atoms with van der Waals surface area (Å²) in [6.07, 6.45) is 1.82. The summed E-state index contributed by atoms with van der Waals surface area (Å²) in [4.78, 5) is 9.01. The summed E-state index contributed by atoms with van der Waals surface area (Å²) >= 11 is 0. The van der Waals surface area contributed by atoms with Crippen LogP contribution in [-0.4, -0.2) is 9.97 Å². The van der Waals surface area contributed by atoms with E-state index in [-0.39, 0.29) is 17.0 Å². The lowest BCUT2D eigenvalue weighted by atomic mass is 9.82. The van der Waals surface area contributed by atoms with Gasteiger partial charge in [-0.25, -0.2) is 4.98 Å². The van der Waals surface area contributed by atoms with Gasteiger partial charge in [-0.3, -0.25) is 4.98 Å². The van der Waals surface area contributed by atoms with Crippen molar-refractivity contribution in [3.05, 3.63) is 107 Å². The highest BCUT2D eigenvalue weighted by Gasteiger charge is 2.20. The molecule has 0 amide bonds. The van der Waals surface area contributed by atoms with E-state index in [0.717, 1.165) is 22.2 Å². The van der Waals surface area contributed by atoms with Crippen molar-refractivity contribution < 1.29 is 8.53 Å². The van der Waals surface area contributed by atoms with E-state index >= 15 is 0 Å². The van der Waals surface area contributed by atoms with Crippen LogP contribution in [-0.2, 0) is 0 Å². The first-order valence-electron chi connectivity index (χ1n) is 15.0. The van der Waals surface area contributed by atoms with Crippen molar-refractivity contribution in [2.24, 2.45) is 0 Å². The standard InChI is InChI=1S/C36H31N3O/c1-21(2)30-16-26(24-10-7-6-8-11-24)17-31(22(3)4)34(30)25-14-15-38-33(19-25)29-13-9-12-28-32-18-27(20-37)23(5)39-36(32)40-35(28)29/h6-19,21-22H,1-5H3/i5D3. The quantitative estimate of drug-likeness (QED) is 0.225.